The van der Waals surface area contributed by atoms with Gasteiger partial charge in [0.1, 0.15) is 5.15 Å². The minimum atomic E-state index is 0.542. The molecule has 0 aliphatic heterocycles. The fraction of sp³-hybridized carbons (Fsp3) is 0.214. The Bertz CT molecular complexity index is 511. The molecule has 0 aliphatic rings. The second-order valence-electron chi connectivity index (χ2n) is 4.15. The topological polar surface area (TPSA) is 16.1 Å². The molecule has 0 N–H and O–H groups in total. The van der Waals surface area contributed by atoms with Crippen LogP contribution in [-0.2, 0) is 6.54 Å². The van der Waals surface area contributed by atoms with Gasteiger partial charge < -0.3 is 4.90 Å². The number of benzene rings is 1. The minimum absolute atomic E-state index is 0.542. The third-order valence-electron chi connectivity index (χ3n) is 2.61. The number of hydrogen-bond donors (Lipinski definition) is 0. The Hall–Kier alpha value is -1.54. The molecule has 3 heteroatoms. The highest BCUT2D eigenvalue weighted by Gasteiger charge is 2.03. The van der Waals surface area contributed by atoms with Crippen LogP contribution < -0.4 is 4.90 Å². The third kappa shape index (κ3) is 3.21. The van der Waals surface area contributed by atoms with Gasteiger partial charge in [0.05, 0.1) is 12.2 Å². The maximum absolute atomic E-state index is 5.87. The number of rotatable bonds is 3. The first-order chi connectivity index (χ1) is 8.15. The predicted octanol–water partition coefficient (Wildman–Crippen LogP) is 3.68. The van der Waals surface area contributed by atoms with Crippen molar-refractivity contribution in [1.29, 1.82) is 0 Å². The Kier molecular flexibility index (Phi) is 3.64. The molecule has 0 unspecified atom stereocenters. The van der Waals surface area contributed by atoms with Gasteiger partial charge in [0, 0.05) is 12.7 Å². The highest BCUT2D eigenvalue weighted by Crippen LogP contribution is 2.16. The van der Waals surface area contributed by atoms with E-state index in [4.69, 9.17) is 11.6 Å². The molecule has 0 bridgehead atoms. The average Bonchev–Trinajstić information content (AvgIpc) is 2.29. The molecular weight excluding hydrogens is 232 g/mol. The number of halogens is 1. The lowest BCUT2D eigenvalue weighted by atomic mass is 10.2. The van der Waals surface area contributed by atoms with Crippen molar-refractivity contribution in [3.05, 3.63) is 58.9 Å². The van der Waals surface area contributed by atoms with Gasteiger partial charge in [-0.25, -0.2) is 4.98 Å². The Morgan fingerprint density at radius 3 is 2.65 bits per heavy atom. The molecule has 0 atom stereocenters. The first-order valence-corrected chi connectivity index (χ1v) is 5.92. The molecule has 0 amide bonds. The van der Waals surface area contributed by atoms with E-state index in [2.05, 4.69) is 48.1 Å². The summed E-state index contributed by atoms with van der Waals surface area (Å²) in [4.78, 5) is 6.44. The number of aromatic nitrogens is 1. The zero-order valence-corrected chi connectivity index (χ0v) is 10.8. The van der Waals surface area contributed by atoms with Gasteiger partial charge in [-0.2, -0.15) is 0 Å². The zero-order chi connectivity index (χ0) is 12.3. The molecular formula is C14H15ClN2. The molecule has 1 heterocycles. The lowest BCUT2D eigenvalue weighted by Gasteiger charge is -2.19. The maximum atomic E-state index is 5.87. The summed E-state index contributed by atoms with van der Waals surface area (Å²) in [5.41, 5.74) is 3.42. The summed E-state index contributed by atoms with van der Waals surface area (Å²) in [5, 5.41) is 0.542. The molecule has 88 valence electrons. The van der Waals surface area contributed by atoms with Gasteiger partial charge in [0.2, 0.25) is 0 Å². The Balaban J connectivity index is 2.14. The van der Waals surface area contributed by atoms with Crippen molar-refractivity contribution in [2.75, 3.05) is 11.9 Å². The van der Waals surface area contributed by atoms with Crippen molar-refractivity contribution in [1.82, 2.24) is 4.98 Å². The van der Waals surface area contributed by atoms with E-state index in [0.717, 1.165) is 12.2 Å². The Morgan fingerprint density at radius 1 is 1.18 bits per heavy atom. The predicted molar refractivity (Wildman–Crippen MR) is 72.5 cm³/mol. The van der Waals surface area contributed by atoms with E-state index >= 15 is 0 Å². The van der Waals surface area contributed by atoms with Gasteiger partial charge in [0.15, 0.2) is 0 Å². The Labute approximate surface area is 107 Å². The van der Waals surface area contributed by atoms with E-state index in [-0.39, 0.29) is 0 Å². The van der Waals surface area contributed by atoms with Crippen molar-refractivity contribution in [3.63, 3.8) is 0 Å². The van der Waals surface area contributed by atoms with Crippen molar-refractivity contribution in [2.24, 2.45) is 0 Å². The van der Waals surface area contributed by atoms with Crippen molar-refractivity contribution >= 4 is 17.3 Å². The van der Waals surface area contributed by atoms with Crippen LogP contribution >= 0.6 is 11.6 Å². The van der Waals surface area contributed by atoms with Crippen LogP contribution in [0, 0.1) is 6.92 Å². The smallest absolute Gasteiger partial charge is 0.129 e. The van der Waals surface area contributed by atoms with Crippen molar-refractivity contribution < 1.29 is 0 Å². The number of nitrogens with zero attached hydrogens (tertiary/aromatic N) is 2. The van der Waals surface area contributed by atoms with E-state index < -0.39 is 0 Å². The van der Waals surface area contributed by atoms with Gasteiger partial charge in [-0.1, -0.05) is 29.8 Å². The molecule has 0 saturated carbocycles. The van der Waals surface area contributed by atoms with Crippen LogP contribution in [0.25, 0.3) is 0 Å². The fourth-order valence-electron chi connectivity index (χ4n) is 1.74. The van der Waals surface area contributed by atoms with Crippen LogP contribution in [0.1, 0.15) is 11.3 Å². The molecule has 0 saturated heterocycles. The lowest BCUT2D eigenvalue weighted by Crippen LogP contribution is -2.17. The Morgan fingerprint density at radius 2 is 1.94 bits per heavy atom. The largest absolute Gasteiger partial charge is 0.369 e. The molecule has 0 radical (unpaired) electrons. The second kappa shape index (κ2) is 5.19. The summed E-state index contributed by atoms with van der Waals surface area (Å²) < 4.78 is 0. The van der Waals surface area contributed by atoms with Crippen LogP contribution in [0.5, 0.6) is 0 Å². The number of anilines is 1. The first-order valence-electron chi connectivity index (χ1n) is 5.54. The molecule has 1 aromatic carbocycles. The molecule has 2 nitrogen and oxygen atoms in total. The van der Waals surface area contributed by atoms with Crippen LogP contribution in [0.3, 0.4) is 0 Å². The maximum Gasteiger partial charge on any atom is 0.129 e. The summed E-state index contributed by atoms with van der Waals surface area (Å²) >= 11 is 5.87. The summed E-state index contributed by atoms with van der Waals surface area (Å²) in [7, 11) is 2.05. The molecule has 0 fully saturated rings. The van der Waals surface area contributed by atoms with Crippen molar-refractivity contribution in [3.8, 4) is 0 Å². The van der Waals surface area contributed by atoms with Gasteiger partial charge in [-0.05, 0) is 36.8 Å². The highest BCUT2D eigenvalue weighted by atomic mass is 35.5. The van der Waals surface area contributed by atoms with E-state index in [9.17, 15) is 0 Å². The number of pyridine rings is 1. The SMILES string of the molecule is Cc1cccc(N(C)Cc2cccc(Cl)n2)c1. The third-order valence-corrected chi connectivity index (χ3v) is 2.82. The molecule has 17 heavy (non-hydrogen) atoms. The van der Waals surface area contributed by atoms with Crippen LogP contribution in [-0.4, -0.2) is 12.0 Å². The van der Waals surface area contributed by atoms with Crippen LogP contribution in [0.15, 0.2) is 42.5 Å². The molecule has 0 aliphatic carbocycles. The van der Waals surface area contributed by atoms with E-state index in [1.807, 2.05) is 12.1 Å². The minimum Gasteiger partial charge on any atom is -0.369 e. The van der Waals surface area contributed by atoms with Gasteiger partial charge in [-0.3, -0.25) is 0 Å². The van der Waals surface area contributed by atoms with E-state index in [1.165, 1.54) is 11.3 Å². The first kappa shape index (κ1) is 11.9. The quantitative estimate of drug-likeness (QED) is 0.768. The van der Waals surface area contributed by atoms with Gasteiger partial charge >= 0.3 is 0 Å². The van der Waals surface area contributed by atoms with Crippen LogP contribution in [0.2, 0.25) is 5.15 Å². The average molecular weight is 247 g/mol. The summed E-state index contributed by atoms with van der Waals surface area (Å²) in [6.07, 6.45) is 0. The molecule has 1 aromatic heterocycles. The highest BCUT2D eigenvalue weighted by molar-refractivity contribution is 6.29. The standard InChI is InChI=1S/C14H15ClN2/c1-11-5-3-7-13(9-11)17(2)10-12-6-4-8-14(15)16-12/h3-9H,10H2,1-2H3. The summed E-state index contributed by atoms with van der Waals surface area (Å²) in [6, 6.07) is 14.1. The monoisotopic (exact) mass is 246 g/mol. The fourth-order valence-corrected chi connectivity index (χ4v) is 1.92. The zero-order valence-electron chi connectivity index (χ0n) is 10.0. The van der Waals surface area contributed by atoms with E-state index in [1.54, 1.807) is 6.07 Å². The van der Waals surface area contributed by atoms with Crippen molar-refractivity contribution in [2.45, 2.75) is 13.5 Å². The molecule has 2 rings (SSSR count). The molecule has 2 aromatic rings. The van der Waals surface area contributed by atoms with E-state index in [0.29, 0.717) is 5.15 Å². The number of aryl methyl sites for hydroxylation is 1. The van der Waals surface area contributed by atoms with Crippen LogP contribution in [0.4, 0.5) is 5.69 Å². The summed E-state index contributed by atoms with van der Waals surface area (Å²) in [5.74, 6) is 0. The molecule has 0 spiro atoms. The lowest BCUT2D eigenvalue weighted by molar-refractivity contribution is 0.884. The van der Waals surface area contributed by atoms with Gasteiger partial charge in [-0.15, -0.1) is 0 Å². The number of hydrogen-bond acceptors (Lipinski definition) is 2. The van der Waals surface area contributed by atoms with Gasteiger partial charge in [0.25, 0.3) is 0 Å². The normalized spacial score (nSPS) is 10.3. The second-order valence-corrected chi connectivity index (χ2v) is 4.53. The summed E-state index contributed by atoms with van der Waals surface area (Å²) in [6.45, 7) is 2.85.